The topological polar surface area (TPSA) is 93.6 Å². The second kappa shape index (κ2) is 3.81. The van der Waals surface area contributed by atoms with Crippen LogP contribution >= 0.6 is 0 Å². The van der Waals surface area contributed by atoms with Crippen LogP contribution in [0.5, 0.6) is 0 Å². The van der Waals surface area contributed by atoms with Crippen molar-refractivity contribution in [3.05, 3.63) is 35.9 Å². The van der Waals surface area contributed by atoms with Gasteiger partial charge in [0.25, 0.3) is 0 Å². The number of aromatic amines is 1. The van der Waals surface area contributed by atoms with Crippen molar-refractivity contribution in [1.82, 2.24) is 20.6 Å². The molecule has 18 heavy (non-hydrogen) atoms. The van der Waals surface area contributed by atoms with Crippen molar-refractivity contribution in [2.75, 3.05) is 0 Å². The van der Waals surface area contributed by atoms with Gasteiger partial charge in [-0.05, 0) is 19.1 Å². The highest BCUT2D eigenvalue weighted by Crippen LogP contribution is 2.29. The molecule has 0 spiro atoms. The van der Waals surface area contributed by atoms with Crippen molar-refractivity contribution in [1.29, 1.82) is 0 Å². The summed E-state index contributed by atoms with van der Waals surface area (Å²) in [6.07, 6.45) is 6.88. The highest BCUT2D eigenvalue weighted by molar-refractivity contribution is 6.01. The molecule has 7 nitrogen and oxygen atoms in total. The highest BCUT2D eigenvalue weighted by atomic mass is 16.4. The van der Waals surface area contributed by atoms with Crippen LogP contribution in [-0.2, 0) is 4.79 Å². The van der Waals surface area contributed by atoms with Crippen LogP contribution in [0.15, 0.2) is 35.4 Å². The standard InChI is InChI=1S/C11H11N5O2/c1-6-2-9(7-4-12-13-5-7)16-10(14-6)3-8(15-16)11(17)18/h2-5,8,15H,1H3,(H,12,13)(H,17,18). The molecule has 0 saturated heterocycles. The van der Waals surface area contributed by atoms with Gasteiger partial charge in [0.2, 0.25) is 0 Å². The van der Waals surface area contributed by atoms with Crippen molar-refractivity contribution in [3.8, 4) is 0 Å². The summed E-state index contributed by atoms with van der Waals surface area (Å²) in [7, 11) is 0. The number of H-pyrrole nitrogens is 1. The third-order valence-electron chi connectivity index (χ3n) is 2.75. The second-order valence-electron chi connectivity index (χ2n) is 4.08. The van der Waals surface area contributed by atoms with Gasteiger partial charge < -0.3 is 5.11 Å². The fourth-order valence-corrected chi connectivity index (χ4v) is 1.95. The van der Waals surface area contributed by atoms with Crippen molar-refractivity contribution < 1.29 is 9.90 Å². The number of carboxylic acid groups (broad SMARTS) is 1. The number of aliphatic carboxylic acids is 1. The molecule has 0 amide bonds. The number of hydrogen-bond acceptors (Lipinski definition) is 5. The number of carboxylic acids is 1. The lowest BCUT2D eigenvalue weighted by atomic mass is 10.2. The Morgan fingerprint density at radius 1 is 1.56 bits per heavy atom. The minimum absolute atomic E-state index is 0.596. The SMILES string of the molecule is CC1=NC2=CC(C(=O)O)NN2C(c2cn[nH]c2)=C1. The fourth-order valence-electron chi connectivity index (χ4n) is 1.95. The van der Waals surface area contributed by atoms with Gasteiger partial charge in [-0.1, -0.05) is 0 Å². The molecule has 1 aromatic heterocycles. The maximum absolute atomic E-state index is 11.0. The first-order chi connectivity index (χ1) is 8.65. The molecule has 3 rings (SSSR count). The molecule has 1 unspecified atom stereocenters. The fraction of sp³-hybridized carbons (Fsp3) is 0.182. The smallest absolute Gasteiger partial charge is 0.326 e. The van der Waals surface area contributed by atoms with Crippen LogP contribution in [0.1, 0.15) is 12.5 Å². The zero-order valence-electron chi connectivity index (χ0n) is 9.58. The van der Waals surface area contributed by atoms with Gasteiger partial charge in [-0.2, -0.15) is 5.10 Å². The predicted molar refractivity (Wildman–Crippen MR) is 64.2 cm³/mol. The van der Waals surface area contributed by atoms with Gasteiger partial charge in [-0.3, -0.25) is 14.9 Å². The summed E-state index contributed by atoms with van der Waals surface area (Å²) in [4.78, 5) is 15.3. The van der Waals surface area contributed by atoms with Gasteiger partial charge in [0, 0.05) is 17.5 Å². The Balaban J connectivity index is 2.01. The van der Waals surface area contributed by atoms with E-state index < -0.39 is 12.0 Å². The number of carbonyl (C=O) groups is 1. The van der Waals surface area contributed by atoms with Crippen LogP contribution in [0.25, 0.3) is 5.70 Å². The Labute approximate surface area is 102 Å². The number of allylic oxidation sites excluding steroid dienone is 1. The van der Waals surface area contributed by atoms with Gasteiger partial charge in [0.05, 0.1) is 11.9 Å². The molecule has 0 fully saturated rings. The van der Waals surface area contributed by atoms with E-state index in [1.54, 1.807) is 23.5 Å². The van der Waals surface area contributed by atoms with Gasteiger partial charge in [-0.15, -0.1) is 0 Å². The van der Waals surface area contributed by atoms with Gasteiger partial charge in [0.15, 0.2) is 0 Å². The first-order valence-electron chi connectivity index (χ1n) is 5.42. The van der Waals surface area contributed by atoms with E-state index in [1.807, 2.05) is 13.0 Å². The first kappa shape index (κ1) is 10.7. The summed E-state index contributed by atoms with van der Waals surface area (Å²) in [5.41, 5.74) is 5.39. The van der Waals surface area contributed by atoms with Gasteiger partial charge >= 0.3 is 5.97 Å². The summed E-state index contributed by atoms with van der Waals surface area (Å²) < 4.78 is 0. The molecule has 0 aliphatic carbocycles. The Morgan fingerprint density at radius 3 is 3.06 bits per heavy atom. The van der Waals surface area contributed by atoms with Crippen LogP contribution in [0.4, 0.5) is 0 Å². The lowest BCUT2D eigenvalue weighted by Crippen LogP contribution is -2.40. The van der Waals surface area contributed by atoms with E-state index in [0.717, 1.165) is 17.0 Å². The number of nitrogens with one attached hydrogen (secondary N) is 2. The molecule has 2 aliphatic heterocycles. The third kappa shape index (κ3) is 1.61. The molecule has 3 N–H and O–H groups in total. The van der Waals surface area contributed by atoms with E-state index >= 15 is 0 Å². The number of rotatable bonds is 2. The number of aromatic nitrogens is 2. The van der Waals surface area contributed by atoms with E-state index in [0.29, 0.717) is 5.82 Å². The van der Waals surface area contributed by atoms with Gasteiger partial charge in [0.1, 0.15) is 11.9 Å². The quantitative estimate of drug-likeness (QED) is 0.698. The maximum Gasteiger partial charge on any atom is 0.326 e. The summed E-state index contributed by atoms with van der Waals surface area (Å²) in [6, 6.07) is -0.759. The molecular formula is C11H11N5O2. The molecule has 0 saturated carbocycles. The van der Waals surface area contributed by atoms with Gasteiger partial charge in [-0.25, -0.2) is 10.4 Å². The average molecular weight is 245 g/mol. The molecule has 3 heterocycles. The lowest BCUT2D eigenvalue weighted by molar-refractivity contribution is -0.138. The monoisotopic (exact) mass is 245 g/mol. The minimum atomic E-state index is -0.934. The zero-order valence-corrected chi connectivity index (χ0v) is 9.58. The van der Waals surface area contributed by atoms with Crippen LogP contribution < -0.4 is 5.43 Å². The molecular weight excluding hydrogens is 234 g/mol. The number of nitrogens with zero attached hydrogens (tertiary/aromatic N) is 3. The Morgan fingerprint density at radius 2 is 2.39 bits per heavy atom. The Kier molecular flexibility index (Phi) is 2.27. The Hall–Kier alpha value is -2.41. The number of hydrogen-bond donors (Lipinski definition) is 3. The predicted octanol–water partition coefficient (Wildman–Crippen LogP) is 0.340. The average Bonchev–Trinajstić information content (AvgIpc) is 2.96. The van der Waals surface area contributed by atoms with Crippen molar-refractivity contribution >= 4 is 17.4 Å². The summed E-state index contributed by atoms with van der Waals surface area (Å²) in [6.45, 7) is 1.87. The molecule has 1 atom stereocenters. The molecule has 0 radical (unpaired) electrons. The van der Waals surface area contributed by atoms with Crippen molar-refractivity contribution in [2.45, 2.75) is 13.0 Å². The van der Waals surface area contributed by atoms with Crippen LogP contribution in [0.3, 0.4) is 0 Å². The maximum atomic E-state index is 11.0. The summed E-state index contributed by atoms with van der Waals surface area (Å²) in [5.74, 6) is -0.338. The zero-order chi connectivity index (χ0) is 12.7. The summed E-state index contributed by atoms with van der Waals surface area (Å²) in [5, 5.41) is 17.3. The molecule has 1 aromatic rings. The number of aliphatic imine (C=N–C) groups is 1. The third-order valence-corrected chi connectivity index (χ3v) is 2.75. The van der Waals surface area contributed by atoms with E-state index in [4.69, 9.17) is 5.11 Å². The Bertz CT molecular complexity index is 585. The van der Waals surface area contributed by atoms with Crippen LogP contribution in [-0.4, -0.2) is 38.0 Å². The van der Waals surface area contributed by atoms with Crippen molar-refractivity contribution in [3.63, 3.8) is 0 Å². The van der Waals surface area contributed by atoms with E-state index in [-0.39, 0.29) is 0 Å². The van der Waals surface area contributed by atoms with Crippen LogP contribution in [0, 0.1) is 0 Å². The van der Waals surface area contributed by atoms with E-state index in [1.165, 1.54) is 0 Å². The molecule has 92 valence electrons. The van der Waals surface area contributed by atoms with Crippen molar-refractivity contribution in [2.24, 2.45) is 4.99 Å². The normalized spacial score (nSPS) is 22.2. The van der Waals surface area contributed by atoms with Crippen LogP contribution in [0.2, 0.25) is 0 Å². The minimum Gasteiger partial charge on any atom is -0.480 e. The number of fused-ring (bicyclic) bond motifs is 1. The highest BCUT2D eigenvalue weighted by Gasteiger charge is 2.32. The van der Waals surface area contributed by atoms with E-state index in [2.05, 4.69) is 20.6 Å². The largest absolute Gasteiger partial charge is 0.480 e. The molecule has 2 aliphatic rings. The lowest BCUT2D eigenvalue weighted by Gasteiger charge is -2.26. The number of hydrazine groups is 1. The molecule has 7 heteroatoms. The molecule has 0 aromatic carbocycles. The second-order valence-corrected chi connectivity index (χ2v) is 4.08. The summed E-state index contributed by atoms with van der Waals surface area (Å²) >= 11 is 0. The first-order valence-corrected chi connectivity index (χ1v) is 5.42. The molecule has 0 bridgehead atoms. The van der Waals surface area contributed by atoms with E-state index in [9.17, 15) is 4.79 Å².